The summed E-state index contributed by atoms with van der Waals surface area (Å²) in [7, 11) is -3.40. The molecule has 0 saturated heterocycles. The lowest BCUT2D eigenvalue weighted by atomic mass is 10.4. The molecule has 20 heavy (non-hydrogen) atoms. The molecule has 0 bridgehead atoms. The molecule has 1 aliphatic carbocycles. The zero-order chi connectivity index (χ0) is 14.2. The first-order valence-corrected chi connectivity index (χ1v) is 10.0. The Morgan fingerprint density at radius 1 is 1.35 bits per heavy atom. The lowest BCUT2D eigenvalue weighted by molar-refractivity contribution is 0.403. The fourth-order valence-electron chi connectivity index (χ4n) is 2.00. The van der Waals surface area contributed by atoms with Crippen LogP contribution in [0.4, 0.5) is 0 Å². The smallest absolute Gasteiger partial charge is 0.206 e. The number of sulfonamides is 1. The summed E-state index contributed by atoms with van der Waals surface area (Å²) in [6.07, 6.45) is 1.91. The molecule has 2 aromatic rings. The maximum Gasteiger partial charge on any atom is 0.253 e. The SMILES string of the molecule is O=S(=O)(c1cc(CCl)cs1)N(Cc1cccs1)C1CC1. The molecule has 7 heteroatoms. The lowest BCUT2D eigenvalue weighted by Gasteiger charge is -2.20. The molecule has 2 aromatic heterocycles. The minimum Gasteiger partial charge on any atom is -0.206 e. The maximum atomic E-state index is 12.8. The monoisotopic (exact) mass is 347 g/mol. The molecule has 0 atom stereocenters. The number of rotatable bonds is 6. The van der Waals surface area contributed by atoms with Crippen LogP contribution in [0.25, 0.3) is 0 Å². The van der Waals surface area contributed by atoms with Crippen LogP contribution in [0.2, 0.25) is 0 Å². The fourth-order valence-corrected chi connectivity index (χ4v) is 6.03. The minimum atomic E-state index is -3.40. The van der Waals surface area contributed by atoms with Gasteiger partial charge in [-0.1, -0.05) is 6.07 Å². The molecule has 0 N–H and O–H groups in total. The van der Waals surface area contributed by atoms with E-state index in [1.54, 1.807) is 21.7 Å². The average molecular weight is 348 g/mol. The second-order valence-electron chi connectivity index (χ2n) is 4.77. The van der Waals surface area contributed by atoms with E-state index in [1.807, 2.05) is 22.9 Å². The Morgan fingerprint density at radius 2 is 2.15 bits per heavy atom. The minimum absolute atomic E-state index is 0.156. The normalized spacial score (nSPS) is 15.9. The van der Waals surface area contributed by atoms with Crippen molar-refractivity contribution < 1.29 is 8.42 Å². The highest BCUT2D eigenvalue weighted by molar-refractivity contribution is 7.91. The third kappa shape index (κ3) is 2.94. The van der Waals surface area contributed by atoms with Crippen molar-refractivity contribution in [3.05, 3.63) is 39.4 Å². The van der Waals surface area contributed by atoms with Gasteiger partial charge in [-0.25, -0.2) is 8.42 Å². The highest BCUT2D eigenvalue weighted by Gasteiger charge is 2.38. The zero-order valence-corrected chi connectivity index (χ0v) is 13.9. The summed E-state index contributed by atoms with van der Waals surface area (Å²) in [5, 5.41) is 3.79. The summed E-state index contributed by atoms with van der Waals surface area (Å²) in [6.45, 7) is 0.471. The van der Waals surface area contributed by atoms with Gasteiger partial charge in [0, 0.05) is 23.3 Å². The molecular weight excluding hydrogens is 334 g/mol. The van der Waals surface area contributed by atoms with Crippen LogP contribution < -0.4 is 0 Å². The van der Waals surface area contributed by atoms with E-state index in [-0.39, 0.29) is 6.04 Å². The van der Waals surface area contributed by atoms with Crippen LogP contribution >= 0.6 is 34.3 Å². The second-order valence-corrected chi connectivity index (χ2v) is 9.10. The molecule has 3 nitrogen and oxygen atoms in total. The van der Waals surface area contributed by atoms with Crippen molar-refractivity contribution in [3.8, 4) is 0 Å². The summed E-state index contributed by atoms with van der Waals surface area (Å²) in [6, 6.07) is 5.78. The van der Waals surface area contributed by atoms with Crippen molar-refractivity contribution in [2.75, 3.05) is 0 Å². The van der Waals surface area contributed by atoms with E-state index in [0.29, 0.717) is 16.6 Å². The predicted molar refractivity (Wildman–Crippen MR) is 83.9 cm³/mol. The summed E-state index contributed by atoms with van der Waals surface area (Å²) in [5.41, 5.74) is 0.863. The van der Waals surface area contributed by atoms with E-state index in [9.17, 15) is 8.42 Å². The molecule has 108 valence electrons. The van der Waals surface area contributed by atoms with E-state index in [4.69, 9.17) is 11.6 Å². The Kier molecular flexibility index (Phi) is 4.19. The number of hydrogen-bond donors (Lipinski definition) is 0. The van der Waals surface area contributed by atoms with Gasteiger partial charge < -0.3 is 0 Å². The molecule has 1 aliphatic rings. The lowest BCUT2D eigenvalue weighted by Crippen LogP contribution is -2.31. The van der Waals surface area contributed by atoms with E-state index in [1.165, 1.54) is 11.3 Å². The summed E-state index contributed by atoms with van der Waals surface area (Å²) in [4.78, 5) is 1.08. The molecule has 0 spiro atoms. The fraction of sp³-hybridized carbons (Fsp3) is 0.385. The van der Waals surface area contributed by atoms with Crippen LogP contribution in [-0.4, -0.2) is 18.8 Å². The van der Waals surface area contributed by atoms with Crippen molar-refractivity contribution in [2.24, 2.45) is 0 Å². The third-order valence-electron chi connectivity index (χ3n) is 3.19. The number of hydrogen-bond acceptors (Lipinski definition) is 4. The average Bonchev–Trinajstić information content (AvgIpc) is 2.96. The van der Waals surface area contributed by atoms with Gasteiger partial charge in [0.15, 0.2) is 0 Å². The van der Waals surface area contributed by atoms with Crippen molar-refractivity contribution >= 4 is 44.3 Å². The number of halogens is 1. The van der Waals surface area contributed by atoms with E-state index in [2.05, 4.69) is 0 Å². The standard InChI is InChI=1S/C13H14ClNO2S3/c14-7-10-6-13(19-9-10)20(16,17)15(11-3-4-11)8-12-2-1-5-18-12/h1-2,5-6,9,11H,3-4,7-8H2. The van der Waals surface area contributed by atoms with Crippen LogP contribution in [0, 0.1) is 0 Å². The van der Waals surface area contributed by atoms with E-state index in [0.717, 1.165) is 23.3 Å². The van der Waals surface area contributed by atoms with Crippen molar-refractivity contribution in [3.63, 3.8) is 0 Å². The van der Waals surface area contributed by atoms with E-state index >= 15 is 0 Å². The van der Waals surface area contributed by atoms with Crippen LogP contribution in [0.15, 0.2) is 33.2 Å². The topological polar surface area (TPSA) is 37.4 Å². The highest BCUT2D eigenvalue weighted by Crippen LogP contribution is 2.36. The first-order valence-electron chi connectivity index (χ1n) is 6.29. The largest absolute Gasteiger partial charge is 0.253 e. The van der Waals surface area contributed by atoms with Crippen LogP contribution in [0.5, 0.6) is 0 Å². The van der Waals surface area contributed by atoms with Crippen LogP contribution in [0.1, 0.15) is 23.3 Å². The molecule has 0 aliphatic heterocycles. The van der Waals surface area contributed by atoms with Gasteiger partial charge >= 0.3 is 0 Å². The van der Waals surface area contributed by atoms with Crippen LogP contribution in [0.3, 0.4) is 0 Å². The second kappa shape index (κ2) is 5.77. The third-order valence-corrected chi connectivity index (χ3v) is 7.72. The van der Waals surface area contributed by atoms with Crippen molar-refractivity contribution in [1.82, 2.24) is 4.31 Å². The molecule has 2 heterocycles. The Hall–Kier alpha value is -0.400. The number of alkyl halides is 1. The Bertz CT molecular complexity index is 674. The molecule has 0 radical (unpaired) electrons. The molecule has 3 rings (SSSR count). The molecule has 1 saturated carbocycles. The number of nitrogens with zero attached hydrogens (tertiary/aromatic N) is 1. The van der Waals surface area contributed by atoms with Gasteiger partial charge in [-0.2, -0.15) is 4.31 Å². The predicted octanol–water partition coefficient (Wildman–Crippen LogP) is 3.90. The first-order chi connectivity index (χ1) is 9.61. The Labute approximate surface area is 131 Å². The van der Waals surface area contributed by atoms with Gasteiger partial charge in [-0.05, 0) is 41.3 Å². The highest BCUT2D eigenvalue weighted by atomic mass is 35.5. The summed E-state index contributed by atoms with van der Waals surface area (Å²) in [5.74, 6) is 0.348. The summed E-state index contributed by atoms with van der Waals surface area (Å²) >= 11 is 8.61. The van der Waals surface area contributed by atoms with E-state index < -0.39 is 10.0 Å². The van der Waals surface area contributed by atoms with Gasteiger partial charge in [0.2, 0.25) is 0 Å². The Morgan fingerprint density at radius 3 is 2.70 bits per heavy atom. The van der Waals surface area contributed by atoms with Crippen molar-refractivity contribution in [2.45, 2.75) is 35.5 Å². The van der Waals surface area contributed by atoms with Gasteiger partial charge in [0.05, 0.1) is 0 Å². The van der Waals surface area contributed by atoms with Gasteiger partial charge in [0.25, 0.3) is 10.0 Å². The van der Waals surface area contributed by atoms with Gasteiger partial charge in [-0.3, -0.25) is 0 Å². The van der Waals surface area contributed by atoms with Gasteiger partial charge in [-0.15, -0.1) is 34.3 Å². The molecule has 0 amide bonds. The molecule has 0 unspecified atom stereocenters. The summed E-state index contributed by atoms with van der Waals surface area (Å²) < 4.78 is 27.6. The first kappa shape index (κ1) is 14.5. The zero-order valence-electron chi connectivity index (χ0n) is 10.7. The molecular formula is C13H14ClNO2S3. The maximum absolute atomic E-state index is 12.8. The number of thiophene rings is 2. The van der Waals surface area contributed by atoms with Gasteiger partial charge in [0.1, 0.15) is 4.21 Å². The molecule has 1 fully saturated rings. The molecule has 0 aromatic carbocycles. The Balaban J connectivity index is 1.89. The quantitative estimate of drug-likeness (QED) is 0.743. The van der Waals surface area contributed by atoms with Crippen molar-refractivity contribution in [1.29, 1.82) is 0 Å². The van der Waals surface area contributed by atoms with Crippen LogP contribution in [-0.2, 0) is 22.4 Å².